The van der Waals surface area contributed by atoms with Crippen molar-refractivity contribution in [3.63, 3.8) is 0 Å². The molecule has 1 aromatic heterocycles. The van der Waals surface area contributed by atoms with Crippen molar-refractivity contribution in [3.8, 4) is 5.75 Å². The number of nitrogens with two attached hydrogens (primary N) is 1. The molecule has 4 rings (SSSR count). The lowest BCUT2D eigenvalue weighted by Crippen LogP contribution is -2.60. The van der Waals surface area contributed by atoms with E-state index in [1.54, 1.807) is 42.5 Å². The van der Waals surface area contributed by atoms with Crippen LogP contribution in [-0.2, 0) is 17.8 Å². The van der Waals surface area contributed by atoms with Gasteiger partial charge in [0.15, 0.2) is 0 Å². The molecule has 0 radical (unpaired) electrons. The number of nitrogens with zero attached hydrogens (tertiary/aromatic N) is 5. The Morgan fingerprint density at radius 1 is 1.08 bits per heavy atom. The lowest BCUT2D eigenvalue weighted by molar-refractivity contribution is -0.116. The van der Waals surface area contributed by atoms with E-state index in [9.17, 15) is 14.5 Å². The van der Waals surface area contributed by atoms with Crippen LogP contribution in [0.3, 0.4) is 0 Å². The van der Waals surface area contributed by atoms with E-state index in [4.69, 9.17) is 38.5 Å². The molecule has 13 heteroatoms. The molecule has 0 unspecified atom stereocenters. The lowest BCUT2D eigenvalue weighted by Gasteiger charge is -2.39. The van der Waals surface area contributed by atoms with E-state index in [1.165, 1.54) is 4.57 Å². The van der Waals surface area contributed by atoms with Crippen molar-refractivity contribution in [2.24, 2.45) is 15.6 Å². The monoisotopic (exact) mass is 548 g/mol. The fourth-order valence-corrected chi connectivity index (χ4v) is 4.28. The van der Waals surface area contributed by atoms with Gasteiger partial charge in [-0.05, 0) is 49.7 Å². The van der Waals surface area contributed by atoms with E-state index in [0.717, 1.165) is 14.8 Å². The average molecular weight is 549 g/mol. The number of rotatable bonds is 9. The quantitative estimate of drug-likeness (QED) is 0.322. The zero-order valence-corrected chi connectivity index (χ0v) is 21.8. The lowest BCUT2D eigenvalue weighted by atomic mass is 9.86. The van der Waals surface area contributed by atoms with Crippen molar-refractivity contribution in [2.75, 3.05) is 25.6 Å². The number of hydrogen-bond donors (Lipinski definition) is 1. The van der Waals surface area contributed by atoms with Gasteiger partial charge in [-0.25, -0.2) is 19.1 Å². The van der Waals surface area contributed by atoms with Gasteiger partial charge >= 0.3 is 11.4 Å². The summed E-state index contributed by atoms with van der Waals surface area (Å²) in [6.07, 6.45) is -0.0811. The summed E-state index contributed by atoms with van der Waals surface area (Å²) in [6, 6.07) is 11.7. The van der Waals surface area contributed by atoms with Crippen molar-refractivity contribution in [1.82, 2.24) is 13.8 Å². The number of halogens is 2. The third kappa shape index (κ3) is 5.79. The maximum Gasteiger partial charge on any atom is 0.353 e. The third-order valence-electron chi connectivity index (χ3n) is 5.83. The van der Waals surface area contributed by atoms with Crippen LogP contribution < -0.4 is 27.6 Å². The van der Waals surface area contributed by atoms with Crippen molar-refractivity contribution in [2.45, 2.75) is 33.0 Å². The molecule has 0 spiro atoms. The predicted octanol–water partition coefficient (Wildman–Crippen LogP) is 2.68. The van der Waals surface area contributed by atoms with Crippen molar-refractivity contribution in [1.29, 1.82) is 0 Å². The highest BCUT2D eigenvalue weighted by Gasteiger charge is 2.41. The molecular formula is C24H26Cl2N6O5. The number of aromatic nitrogens is 3. The zero-order chi connectivity index (χ0) is 26.7. The van der Waals surface area contributed by atoms with E-state index in [-0.39, 0.29) is 44.6 Å². The topological polar surface area (TPSA) is 135 Å². The molecule has 0 aliphatic carbocycles. The summed E-state index contributed by atoms with van der Waals surface area (Å²) in [5.41, 5.74) is -1.21. The summed E-state index contributed by atoms with van der Waals surface area (Å²) in [6.45, 7) is 4.01. The smallest absolute Gasteiger partial charge is 0.353 e. The third-order valence-corrected chi connectivity index (χ3v) is 6.37. The molecule has 196 valence electrons. The Balaban J connectivity index is 1.88. The maximum atomic E-state index is 13.7. The van der Waals surface area contributed by atoms with Gasteiger partial charge in [-0.1, -0.05) is 40.5 Å². The normalized spacial score (nSPS) is 15.0. The molecule has 0 bridgehead atoms. The van der Waals surface area contributed by atoms with Crippen LogP contribution in [0.4, 0.5) is 5.69 Å². The van der Waals surface area contributed by atoms with Gasteiger partial charge in [-0.2, -0.15) is 9.58 Å². The van der Waals surface area contributed by atoms with Gasteiger partial charge in [0.05, 0.1) is 48.5 Å². The highest BCUT2D eigenvalue weighted by Crippen LogP contribution is 2.30. The van der Waals surface area contributed by atoms with Crippen LogP contribution in [0.1, 0.15) is 19.4 Å². The SMILES string of the molecule is CC(C)Oc1ccc(N=c2n(N)c(=O)n(CC3(CN=O)COC3)c(=O)n2Cc2ccc(Cl)cc2)cc1Cl. The van der Waals surface area contributed by atoms with Gasteiger partial charge in [0, 0.05) is 11.6 Å². The minimum Gasteiger partial charge on any atom is -0.489 e. The van der Waals surface area contributed by atoms with Crippen molar-refractivity contribution >= 4 is 28.9 Å². The average Bonchev–Trinajstić information content (AvgIpc) is 2.83. The van der Waals surface area contributed by atoms with Gasteiger partial charge in [-0.3, -0.25) is 4.57 Å². The van der Waals surface area contributed by atoms with Gasteiger partial charge in [0.1, 0.15) is 5.75 Å². The highest BCUT2D eigenvalue weighted by molar-refractivity contribution is 6.32. The van der Waals surface area contributed by atoms with E-state index < -0.39 is 16.8 Å². The molecule has 1 fully saturated rings. The largest absolute Gasteiger partial charge is 0.489 e. The second kappa shape index (κ2) is 10.9. The Bertz CT molecular complexity index is 1490. The number of nitrogen functional groups attached to an aromatic ring is 1. The first-order valence-corrected chi connectivity index (χ1v) is 12.2. The van der Waals surface area contributed by atoms with Gasteiger partial charge in [-0.15, -0.1) is 0 Å². The number of benzene rings is 2. The van der Waals surface area contributed by atoms with Gasteiger partial charge in [0.25, 0.3) is 0 Å². The highest BCUT2D eigenvalue weighted by atomic mass is 35.5. The molecule has 2 heterocycles. The number of hydrogen-bond acceptors (Lipinski definition) is 8. The number of nitroso groups, excluding NO2 is 1. The van der Waals surface area contributed by atoms with E-state index in [0.29, 0.717) is 21.5 Å². The summed E-state index contributed by atoms with van der Waals surface area (Å²) in [4.78, 5) is 42.4. The van der Waals surface area contributed by atoms with Crippen molar-refractivity contribution in [3.05, 3.63) is 89.6 Å². The molecule has 0 saturated carbocycles. The number of ether oxygens (including phenoxy) is 2. The molecule has 0 atom stereocenters. The second-order valence-electron chi connectivity index (χ2n) is 9.21. The van der Waals surface area contributed by atoms with Crippen LogP contribution in [0.2, 0.25) is 10.0 Å². The van der Waals surface area contributed by atoms with Gasteiger partial charge < -0.3 is 15.3 Å². The summed E-state index contributed by atoms with van der Waals surface area (Å²) < 4.78 is 14.0. The fourth-order valence-electron chi connectivity index (χ4n) is 3.94. The van der Waals surface area contributed by atoms with E-state index >= 15 is 0 Å². The Hall–Kier alpha value is -3.41. The first kappa shape index (κ1) is 26.6. The first-order chi connectivity index (χ1) is 17.6. The van der Waals surface area contributed by atoms with Crippen LogP contribution in [0.25, 0.3) is 0 Å². The molecule has 2 N–H and O–H groups in total. The molecule has 0 amide bonds. The molecular weight excluding hydrogens is 523 g/mol. The summed E-state index contributed by atoms with van der Waals surface area (Å²) >= 11 is 12.4. The minimum atomic E-state index is -0.792. The van der Waals surface area contributed by atoms with E-state index in [1.807, 2.05) is 13.8 Å². The Labute approximate surface area is 221 Å². The standard InChI is InChI=1S/C24H26Cl2N6O5/c1-15(2)37-20-8-7-18(9-19(20)26)29-21-30(10-16-3-5-17(25)6-4-16)22(33)31(23(34)32(21)27)12-24(11-28-35)13-36-14-24/h3-9,15H,10-14,27H2,1-2H3. The maximum absolute atomic E-state index is 13.7. The van der Waals surface area contributed by atoms with E-state index in [2.05, 4.69) is 10.2 Å². The molecule has 1 aliphatic rings. The van der Waals surface area contributed by atoms with Crippen LogP contribution in [-0.4, -0.2) is 39.7 Å². The summed E-state index contributed by atoms with van der Waals surface area (Å²) in [5.74, 6) is 6.67. The molecule has 37 heavy (non-hydrogen) atoms. The van der Waals surface area contributed by atoms with Crippen LogP contribution in [0.15, 0.2) is 62.2 Å². The fraction of sp³-hybridized carbons (Fsp3) is 0.375. The summed E-state index contributed by atoms with van der Waals surface area (Å²) in [5, 5.41) is 3.81. The van der Waals surface area contributed by atoms with Crippen LogP contribution in [0.5, 0.6) is 5.75 Å². The Kier molecular flexibility index (Phi) is 7.86. The predicted molar refractivity (Wildman–Crippen MR) is 140 cm³/mol. The molecule has 2 aromatic carbocycles. The first-order valence-electron chi connectivity index (χ1n) is 11.5. The second-order valence-corrected chi connectivity index (χ2v) is 10.1. The zero-order valence-electron chi connectivity index (χ0n) is 20.3. The van der Waals surface area contributed by atoms with Gasteiger partial charge in [0.2, 0.25) is 5.62 Å². The Morgan fingerprint density at radius 3 is 2.35 bits per heavy atom. The van der Waals surface area contributed by atoms with Crippen molar-refractivity contribution < 1.29 is 9.47 Å². The Morgan fingerprint density at radius 2 is 1.78 bits per heavy atom. The van der Waals surface area contributed by atoms with Crippen LogP contribution in [0, 0.1) is 10.3 Å². The molecule has 1 aliphatic heterocycles. The molecule has 1 saturated heterocycles. The minimum absolute atomic E-state index is 0.0457. The molecule has 11 nitrogen and oxygen atoms in total. The molecule has 3 aromatic rings. The van der Waals surface area contributed by atoms with Crippen LogP contribution >= 0.6 is 23.2 Å². The summed E-state index contributed by atoms with van der Waals surface area (Å²) in [7, 11) is 0.